The molecular formula is C24H21N5O2S. The number of rotatable bonds is 5. The van der Waals surface area contributed by atoms with Gasteiger partial charge in [-0.05, 0) is 30.7 Å². The molecule has 8 heteroatoms. The number of anilines is 2. The van der Waals surface area contributed by atoms with Gasteiger partial charge in [0.05, 0.1) is 10.6 Å². The van der Waals surface area contributed by atoms with Gasteiger partial charge >= 0.3 is 0 Å². The monoisotopic (exact) mass is 443 g/mol. The minimum atomic E-state index is -0.246. The van der Waals surface area contributed by atoms with Gasteiger partial charge in [-0.15, -0.1) is 0 Å². The Hall–Kier alpha value is -3.78. The Morgan fingerprint density at radius 2 is 1.88 bits per heavy atom. The van der Waals surface area contributed by atoms with Crippen LogP contribution in [0.5, 0.6) is 0 Å². The van der Waals surface area contributed by atoms with E-state index in [0.717, 1.165) is 40.6 Å². The van der Waals surface area contributed by atoms with E-state index in [1.54, 1.807) is 23.2 Å². The number of nitrogens with one attached hydrogen (secondary N) is 1. The van der Waals surface area contributed by atoms with Gasteiger partial charge in [-0.3, -0.25) is 14.9 Å². The zero-order valence-electron chi connectivity index (χ0n) is 17.5. The van der Waals surface area contributed by atoms with Crippen molar-refractivity contribution in [1.82, 2.24) is 14.5 Å². The van der Waals surface area contributed by atoms with E-state index in [1.165, 1.54) is 11.3 Å². The van der Waals surface area contributed by atoms with E-state index < -0.39 is 0 Å². The van der Waals surface area contributed by atoms with Crippen molar-refractivity contribution in [3.8, 4) is 22.0 Å². The lowest BCUT2D eigenvalue weighted by Crippen LogP contribution is -2.23. The highest BCUT2D eigenvalue weighted by Gasteiger charge is 2.22. The second-order valence-corrected chi connectivity index (χ2v) is 8.57. The minimum Gasteiger partial charge on any atom is -0.333 e. The third-order valence-corrected chi connectivity index (χ3v) is 6.40. The molecule has 1 aliphatic heterocycles. The molecule has 0 spiro atoms. The average molecular weight is 444 g/mol. The molecule has 1 saturated heterocycles. The van der Waals surface area contributed by atoms with Crippen LogP contribution in [0.1, 0.15) is 23.2 Å². The first-order valence-corrected chi connectivity index (χ1v) is 11.2. The van der Waals surface area contributed by atoms with Crippen LogP contribution in [0.3, 0.4) is 0 Å². The first kappa shape index (κ1) is 20.1. The van der Waals surface area contributed by atoms with Crippen molar-refractivity contribution in [2.45, 2.75) is 12.8 Å². The fourth-order valence-corrected chi connectivity index (χ4v) is 4.81. The smallest absolute Gasteiger partial charge is 0.257 e. The van der Waals surface area contributed by atoms with Crippen molar-refractivity contribution in [2.75, 3.05) is 16.8 Å². The number of benzene rings is 2. The van der Waals surface area contributed by atoms with Crippen molar-refractivity contribution >= 4 is 34.0 Å². The van der Waals surface area contributed by atoms with Crippen molar-refractivity contribution in [3.05, 3.63) is 72.6 Å². The van der Waals surface area contributed by atoms with Gasteiger partial charge in [-0.25, -0.2) is 9.97 Å². The summed E-state index contributed by atoms with van der Waals surface area (Å²) in [4.78, 5) is 36.6. The Balaban J connectivity index is 1.42. The molecule has 1 N–H and O–H groups in total. The number of amides is 2. The maximum absolute atomic E-state index is 12.9. The van der Waals surface area contributed by atoms with E-state index in [2.05, 4.69) is 10.3 Å². The van der Waals surface area contributed by atoms with Crippen LogP contribution >= 0.6 is 11.3 Å². The van der Waals surface area contributed by atoms with E-state index >= 15 is 0 Å². The van der Waals surface area contributed by atoms with E-state index in [4.69, 9.17) is 4.98 Å². The van der Waals surface area contributed by atoms with Crippen molar-refractivity contribution in [1.29, 1.82) is 0 Å². The third-order valence-electron chi connectivity index (χ3n) is 5.43. The predicted octanol–water partition coefficient (Wildman–Crippen LogP) is 4.59. The van der Waals surface area contributed by atoms with Crippen LogP contribution in [-0.4, -0.2) is 32.9 Å². The highest BCUT2D eigenvalue weighted by molar-refractivity contribution is 7.19. The normalized spacial score (nSPS) is 13.5. The van der Waals surface area contributed by atoms with Gasteiger partial charge in [0.1, 0.15) is 0 Å². The van der Waals surface area contributed by atoms with Crippen molar-refractivity contribution in [3.63, 3.8) is 0 Å². The molecule has 0 aliphatic carbocycles. The first-order valence-electron chi connectivity index (χ1n) is 10.4. The topological polar surface area (TPSA) is 80.1 Å². The minimum absolute atomic E-state index is 0.125. The highest BCUT2D eigenvalue weighted by atomic mass is 32.1. The largest absolute Gasteiger partial charge is 0.333 e. The first-order chi connectivity index (χ1) is 15.6. The van der Waals surface area contributed by atoms with Crippen LogP contribution in [0.2, 0.25) is 0 Å². The summed E-state index contributed by atoms with van der Waals surface area (Å²) >= 11 is 1.39. The number of hydrogen-bond donors (Lipinski definition) is 1. The second-order valence-electron chi connectivity index (χ2n) is 7.57. The summed E-state index contributed by atoms with van der Waals surface area (Å²) in [6, 6.07) is 17.0. The van der Waals surface area contributed by atoms with Gasteiger partial charge in [0, 0.05) is 49.2 Å². The van der Waals surface area contributed by atoms with Gasteiger partial charge in [-0.2, -0.15) is 0 Å². The van der Waals surface area contributed by atoms with Crippen LogP contribution in [0.25, 0.3) is 22.0 Å². The maximum Gasteiger partial charge on any atom is 0.257 e. The van der Waals surface area contributed by atoms with Gasteiger partial charge in [0.15, 0.2) is 11.0 Å². The highest BCUT2D eigenvalue weighted by Crippen LogP contribution is 2.38. The standard InChI is InChI=1S/C24H21N5O2S/c1-28-15-13-25-22(28)21-20(16-6-3-2-4-7-16)26-24(32-21)27-23(31)17-9-11-18(12-10-17)29-14-5-8-19(29)30/h2-4,6-7,9-13,15H,5,8,14H2,1H3,(H,26,27,31). The summed E-state index contributed by atoms with van der Waals surface area (Å²) in [6.07, 6.45) is 5.07. The van der Waals surface area contributed by atoms with Crippen molar-refractivity contribution < 1.29 is 9.59 Å². The number of nitrogens with zero attached hydrogens (tertiary/aromatic N) is 4. The number of carbonyl (C=O) groups excluding carboxylic acids is 2. The Bertz CT molecular complexity index is 1280. The molecule has 0 radical (unpaired) electrons. The average Bonchev–Trinajstić information content (AvgIpc) is 3.54. The molecule has 1 fully saturated rings. The van der Waals surface area contributed by atoms with Crippen LogP contribution in [0, 0.1) is 0 Å². The molecule has 7 nitrogen and oxygen atoms in total. The van der Waals surface area contributed by atoms with Gasteiger partial charge in [0.2, 0.25) is 5.91 Å². The summed E-state index contributed by atoms with van der Waals surface area (Å²) in [5, 5.41) is 3.42. The molecule has 3 heterocycles. The molecule has 0 unspecified atom stereocenters. The number of carbonyl (C=O) groups is 2. The Kier molecular flexibility index (Phi) is 5.28. The number of aryl methyl sites for hydroxylation is 1. The zero-order valence-corrected chi connectivity index (χ0v) is 18.3. The molecule has 32 heavy (non-hydrogen) atoms. The van der Waals surface area contributed by atoms with E-state index in [1.807, 2.05) is 60.3 Å². The van der Waals surface area contributed by atoms with Gasteiger partial charge in [-0.1, -0.05) is 41.7 Å². The fraction of sp³-hybridized carbons (Fsp3) is 0.167. The second kappa shape index (κ2) is 8.39. The molecule has 4 aromatic rings. The molecule has 2 amide bonds. The molecule has 2 aromatic carbocycles. The summed E-state index contributed by atoms with van der Waals surface area (Å²) in [6.45, 7) is 0.724. The zero-order chi connectivity index (χ0) is 22.1. The van der Waals surface area contributed by atoms with E-state index in [-0.39, 0.29) is 11.8 Å². The number of aromatic nitrogens is 3. The maximum atomic E-state index is 12.9. The van der Waals surface area contributed by atoms with Crippen LogP contribution in [0.4, 0.5) is 10.8 Å². The molecule has 0 bridgehead atoms. The Labute approximate surface area is 189 Å². The lowest BCUT2D eigenvalue weighted by atomic mass is 10.1. The Morgan fingerprint density at radius 1 is 1.09 bits per heavy atom. The molecule has 0 atom stereocenters. The number of thiazole rings is 1. The van der Waals surface area contributed by atoms with Crippen LogP contribution in [-0.2, 0) is 11.8 Å². The van der Waals surface area contributed by atoms with Crippen LogP contribution < -0.4 is 10.2 Å². The summed E-state index contributed by atoms with van der Waals surface area (Å²) < 4.78 is 1.93. The van der Waals surface area contributed by atoms with E-state index in [0.29, 0.717) is 17.1 Å². The quantitative estimate of drug-likeness (QED) is 0.489. The molecule has 160 valence electrons. The molecular weight excluding hydrogens is 422 g/mol. The van der Waals surface area contributed by atoms with Gasteiger partial charge < -0.3 is 9.47 Å². The number of imidazole rings is 1. The lowest BCUT2D eigenvalue weighted by Gasteiger charge is -2.15. The van der Waals surface area contributed by atoms with Gasteiger partial charge in [0.25, 0.3) is 5.91 Å². The summed E-state index contributed by atoms with van der Waals surface area (Å²) in [5.74, 6) is 0.672. The fourth-order valence-electron chi connectivity index (χ4n) is 3.78. The molecule has 1 aliphatic rings. The molecule has 0 saturated carbocycles. The summed E-state index contributed by atoms with van der Waals surface area (Å²) in [5.41, 5.74) is 3.07. The lowest BCUT2D eigenvalue weighted by molar-refractivity contribution is -0.117. The Morgan fingerprint density at radius 3 is 2.53 bits per heavy atom. The van der Waals surface area contributed by atoms with Crippen molar-refractivity contribution in [2.24, 2.45) is 7.05 Å². The molecule has 2 aromatic heterocycles. The molecule has 5 rings (SSSR count). The third kappa shape index (κ3) is 3.80. The van der Waals surface area contributed by atoms with Crippen LogP contribution in [0.15, 0.2) is 67.0 Å². The summed E-state index contributed by atoms with van der Waals surface area (Å²) in [7, 11) is 1.93. The number of hydrogen-bond acceptors (Lipinski definition) is 5. The van der Waals surface area contributed by atoms with E-state index in [9.17, 15) is 9.59 Å². The SMILES string of the molecule is Cn1ccnc1-c1sc(NC(=O)c2ccc(N3CCCC3=O)cc2)nc1-c1ccccc1. The predicted molar refractivity (Wildman–Crippen MR) is 126 cm³/mol.